The summed E-state index contributed by atoms with van der Waals surface area (Å²) in [6.07, 6.45) is -2.64. The van der Waals surface area contributed by atoms with E-state index in [1.807, 2.05) is 91.0 Å². The summed E-state index contributed by atoms with van der Waals surface area (Å²) in [6, 6.07) is 29.5. The summed E-state index contributed by atoms with van der Waals surface area (Å²) in [5.41, 5.74) is 2.11. The first kappa shape index (κ1) is 26.3. The first-order valence-corrected chi connectivity index (χ1v) is 12.4. The molecule has 0 unspecified atom stereocenters. The molecular weight excluding hydrogens is 480 g/mol. The summed E-state index contributed by atoms with van der Waals surface area (Å²) < 4.78 is 30.3. The quantitative estimate of drug-likeness (QED) is 0.259. The fraction of sp³-hybridized carbons (Fsp3) is 0.345. The normalized spacial score (nSPS) is 23.8. The van der Waals surface area contributed by atoms with Gasteiger partial charge in [-0.05, 0) is 16.7 Å². The molecule has 6 nitrogen and oxygen atoms in total. The van der Waals surface area contributed by atoms with Gasteiger partial charge in [-0.3, -0.25) is 4.79 Å². The average Bonchev–Trinajstić information content (AvgIpc) is 2.90. The van der Waals surface area contributed by atoms with Gasteiger partial charge in [-0.25, -0.2) is 0 Å². The van der Waals surface area contributed by atoms with Crippen LogP contribution in [0.5, 0.6) is 0 Å². The summed E-state index contributed by atoms with van der Waals surface area (Å²) >= 11 is 6.59. The van der Waals surface area contributed by atoms with Gasteiger partial charge < -0.3 is 23.7 Å². The minimum absolute atomic E-state index is 0.232. The Bertz CT molecular complexity index is 1050. The van der Waals surface area contributed by atoms with Gasteiger partial charge in [0.15, 0.2) is 11.7 Å². The van der Waals surface area contributed by atoms with Crippen LogP contribution in [0.3, 0.4) is 0 Å². The molecule has 0 bridgehead atoms. The van der Waals surface area contributed by atoms with Crippen LogP contribution in [0.2, 0.25) is 0 Å². The second kappa shape index (κ2) is 13.5. The van der Waals surface area contributed by atoms with Crippen LogP contribution in [-0.4, -0.2) is 42.6 Å². The predicted octanol–water partition coefficient (Wildman–Crippen LogP) is 5.27. The van der Waals surface area contributed by atoms with Gasteiger partial charge in [0, 0.05) is 6.92 Å². The zero-order chi connectivity index (χ0) is 25.2. The van der Waals surface area contributed by atoms with Crippen LogP contribution in [0, 0.1) is 0 Å². The van der Waals surface area contributed by atoms with E-state index in [-0.39, 0.29) is 6.61 Å². The van der Waals surface area contributed by atoms with Gasteiger partial charge in [0.1, 0.15) is 18.3 Å². The molecular formula is C29H31ClO6. The van der Waals surface area contributed by atoms with Crippen LogP contribution >= 0.6 is 11.6 Å². The number of alkyl halides is 1. The smallest absolute Gasteiger partial charge is 0.303 e. The highest BCUT2D eigenvalue weighted by molar-refractivity contribution is 6.20. The lowest BCUT2D eigenvalue weighted by molar-refractivity contribution is -0.250. The number of ether oxygens (including phenoxy) is 5. The third-order valence-corrected chi connectivity index (χ3v) is 6.19. The maximum atomic E-state index is 11.9. The number of hydrogen-bond acceptors (Lipinski definition) is 6. The first-order chi connectivity index (χ1) is 17.6. The lowest BCUT2D eigenvalue weighted by Crippen LogP contribution is -2.60. The molecule has 4 rings (SSSR count). The molecule has 7 heteroatoms. The molecule has 1 aliphatic rings. The van der Waals surface area contributed by atoms with Crippen molar-refractivity contribution in [1.82, 2.24) is 0 Å². The average molecular weight is 511 g/mol. The van der Waals surface area contributed by atoms with E-state index in [1.165, 1.54) is 6.92 Å². The van der Waals surface area contributed by atoms with Gasteiger partial charge in [0.25, 0.3) is 0 Å². The number of esters is 1. The molecule has 36 heavy (non-hydrogen) atoms. The molecule has 3 aromatic carbocycles. The fourth-order valence-electron chi connectivity index (χ4n) is 4.11. The maximum absolute atomic E-state index is 11.9. The number of carbonyl (C=O) groups is 1. The van der Waals surface area contributed by atoms with Crippen molar-refractivity contribution < 1.29 is 28.5 Å². The molecule has 0 saturated carbocycles. The van der Waals surface area contributed by atoms with Crippen molar-refractivity contribution in [2.45, 2.75) is 56.7 Å². The highest BCUT2D eigenvalue weighted by Gasteiger charge is 2.49. The molecule has 0 spiro atoms. The number of hydrogen-bond donors (Lipinski definition) is 0. The van der Waals surface area contributed by atoms with Gasteiger partial charge in [0.2, 0.25) is 0 Å². The Morgan fingerprint density at radius 1 is 0.722 bits per heavy atom. The Morgan fingerprint density at radius 2 is 1.19 bits per heavy atom. The van der Waals surface area contributed by atoms with E-state index in [4.69, 9.17) is 35.3 Å². The summed E-state index contributed by atoms with van der Waals surface area (Å²) in [5.74, 6) is -0.469. The lowest BCUT2D eigenvalue weighted by atomic mass is 9.99. The van der Waals surface area contributed by atoms with Crippen molar-refractivity contribution in [3.8, 4) is 0 Å². The van der Waals surface area contributed by atoms with Crippen LogP contribution in [-0.2, 0) is 48.3 Å². The summed E-state index contributed by atoms with van der Waals surface area (Å²) in [4.78, 5) is 11.9. The van der Waals surface area contributed by atoms with Crippen LogP contribution in [0.15, 0.2) is 91.0 Å². The fourth-order valence-corrected chi connectivity index (χ4v) is 4.44. The van der Waals surface area contributed by atoms with E-state index in [9.17, 15) is 4.79 Å². The van der Waals surface area contributed by atoms with E-state index in [0.717, 1.165) is 16.7 Å². The Kier molecular flexibility index (Phi) is 9.90. The molecule has 0 amide bonds. The maximum Gasteiger partial charge on any atom is 0.303 e. The molecule has 1 heterocycles. The number of halogens is 1. The van der Waals surface area contributed by atoms with E-state index in [2.05, 4.69) is 0 Å². The van der Waals surface area contributed by atoms with Crippen molar-refractivity contribution in [3.05, 3.63) is 108 Å². The molecule has 1 saturated heterocycles. The van der Waals surface area contributed by atoms with Crippen LogP contribution in [0.4, 0.5) is 0 Å². The second-order valence-electron chi connectivity index (χ2n) is 8.62. The van der Waals surface area contributed by atoms with Gasteiger partial charge in [-0.2, -0.15) is 0 Å². The summed E-state index contributed by atoms with van der Waals surface area (Å²) in [5, 5.41) is 0. The van der Waals surface area contributed by atoms with Gasteiger partial charge >= 0.3 is 5.97 Å². The van der Waals surface area contributed by atoms with Crippen molar-refractivity contribution in [3.63, 3.8) is 0 Å². The molecule has 190 valence electrons. The monoisotopic (exact) mass is 510 g/mol. The molecule has 1 fully saturated rings. The highest BCUT2D eigenvalue weighted by Crippen LogP contribution is 2.32. The van der Waals surface area contributed by atoms with E-state index in [0.29, 0.717) is 19.8 Å². The number of rotatable bonds is 11. The van der Waals surface area contributed by atoms with Gasteiger partial charge in [0.05, 0.1) is 26.4 Å². The zero-order valence-electron chi connectivity index (χ0n) is 20.2. The van der Waals surface area contributed by atoms with E-state index >= 15 is 0 Å². The van der Waals surface area contributed by atoms with Gasteiger partial charge in [-0.15, -0.1) is 0 Å². The van der Waals surface area contributed by atoms with Crippen molar-refractivity contribution in [2.24, 2.45) is 0 Å². The molecule has 1 aliphatic heterocycles. The minimum atomic E-state index is -0.920. The zero-order valence-corrected chi connectivity index (χ0v) is 21.0. The molecule has 0 N–H and O–H groups in total. The van der Waals surface area contributed by atoms with Crippen LogP contribution in [0.25, 0.3) is 0 Å². The SMILES string of the molecule is CC(=O)O[C@@H]1[C@@H](OCc2ccccc2)[C@H](OCc2ccccc2)[C@@H](COCc2ccccc2)O[C@@H]1Cl. The molecule has 0 aliphatic carbocycles. The second-order valence-corrected chi connectivity index (χ2v) is 9.05. The predicted molar refractivity (Wildman–Crippen MR) is 136 cm³/mol. The van der Waals surface area contributed by atoms with E-state index in [1.54, 1.807) is 0 Å². The highest BCUT2D eigenvalue weighted by atomic mass is 35.5. The Hall–Kier alpha value is -2.74. The van der Waals surface area contributed by atoms with Crippen molar-refractivity contribution in [1.29, 1.82) is 0 Å². The summed E-state index contributed by atoms with van der Waals surface area (Å²) in [6.45, 7) is 2.62. The largest absolute Gasteiger partial charge is 0.456 e. The van der Waals surface area contributed by atoms with E-state index < -0.39 is 35.9 Å². The van der Waals surface area contributed by atoms with Crippen molar-refractivity contribution >= 4 is 17.6 Å². The van der Waals surface area contributed by atoms with Gasteiger partial charge in [-0.1, -0.05) is 103 Å². The molecule has 5 atom stereocenters. The number of benzene rings is 3. The van der Waals surface area contributed by atoms with Crippen molar-refractivity contribution in [2.75, 3.05) is 6.61 Å². The Morgan fingerprint density at radius 3 is 1.69 bits per heavy atom. The Labute approximate surface area is 217 Å². The lowest BCUT2D eigenvalue weighted by Gasteiger charge is -2.43. The molecule has 0 radical (unpaired) electrons. The molecule has 3 aromatic rings. The Balaban J connectivity index is 1.53. The minimum Gasteiger partial charge on any atom is -0.456 e. The summed E-state index contributed by atoms with van der Waals surface area (Å²) in [7, 11) is 0. The number of carbonyl (C=O) groups excluding carboxylic acids is 1. The first-order valence-electron chi connectivity index (χ1n) is 12.0. The third-order valence-electron chi connectivity index (χ3n) is 5.84. The van der Waals surface area contributed by atoms with Crippen LogP contribution in [0.1, 0.15) is 23.6 Å². The topological polar surface area (TPSA) is 63.2 Å². The van der Waals surface area contributed by atoms with Crippen LogP contribution < -0.4 is 0 Å². The standard InChI is InChI=1S/C29H31ClO6/c1-21(31)35-28-27(34-19-24-15-9-4-10-16-24)26(33-18-23-13-7-3-8-14-23)25(36-29(28)30)20-32-17-22-11-5-2-6-12-22/h2-16,25-29H,17-20H2,1H3/t25-,26-,27+,28-,29+/m1/s1. The molecule has 0 aromatic heterocycles. The third kappa shape index (κ3) is 7.63.